The molecule has 0 fully saturated rings. The number of rotatable bonds is 3. The summed E-state index contributed by atoms with van der Waals surface area (Å²) in [5, 5.41) is 16.8. The third kappa shape index (κ3) is 6.25. The second-order valence-electron chi connectivity index (χ2n) is 2.15. The monoisotopic (exact) mass is 205 g/mol. The van der Waals surface area contributed by atoms with Gasteiger partial charge in [-0.3, -0.25) is 0 Å². The molecule has 0 aliphatic carbocycles. The number of hydrogen-bond acceptors (Lipinski definition) is 3. The zero-order chi connectivity index (χ0) is 8.69. The van der Waals surface area contributed by atoms with Crippen molar-refractivity contribution in [2.24, 2.45) is 0 Å². The molecule has 12 heavy (non-hydrogen) atoms. The van der Waals surface area contributed by atoms with Crippen LogP contribution in [-0.2, 0) is 0 Å². The minimum atomic E-state index is 0. The van der Waals surface area contributed by atoms with E-state index in [4.69, 9.17) is 10.5 Å². The molecule has 0 bridgehead atoms. The predicted octanol–water partition coefficient (Wildman–Crippen LogP) is -0.588. The standard InChI is InChI=1S/C8H10N2S.K/c1-2-3-4-8(11)7(5-9)6-10;/h11H,2-4H2,1H3;/q;+1. The number of unbranched alkanes of at least 4 members (excludes halogenated alkanes) is 1. The molecular formula is C8H10KN2S+. The summed E-state index contributed by atoms with van der Waals surface area (Å²) in [6.07, 6.45) is 2.76. The summed E-state index contributed by atoms with van der Waals surface area (Å²) < 4.78 is 0. The molecule has 0 saturated carbocycles. The quantitative estimate of drug-likeness (QED) is 0.380. The van der Waals surface area contributed by atoms with Crippen LogP contribution in [0, 0.1) is 22.7 Å². The fourth-order valence-electron chi connectivity index (χ4n) is 0.623. The van der Waals surface area contributed by atoms with Gasteiger partial charge in [0.05, 0.1) is 0 Å². The first kappa shape index (κ1) is 15.2. The van der Waals surface area contributed by atoms with E-state index in [1.807, 2.05) is 0 Å². The molecular weight excluding hydrogens is 195 g/mol. The van der Waals surface area contributed by atoms with Crippen molar-refractivity contribution in [3.05, 3.63) is 10.5 Å². The Hall–Kier alpha value is 0.706. The molecule has 0 atom stereocenters. The summed E-state index contributed by atoms with van der Waals surface area (Å²) in [6, 6.07) is 3.61. The third-order valence-corrected chi connectivity index (χ3v) is 1.73. The molecule has 0 aromatic heterocycles. The summed E-state index contributed by atoms with van der Waals surface area (Å²) in [5.41, 5.74) is 0.141. The molecule has 0 aliphatic rings. The van der Waals surface area contributed by atoms with Crippen LogP contribution in [0.5, 0.6) is 0 Å². The summed E-state index contributed by atoms with van der Waals surface area (Å²) in [6.45, 7) is 2.06. The van der Waals surface area contributed by atoms with E-state index >= 15 is 0 Å². The van der Waals surface area contributed by atoms with Crippen LogP contribution in [0.15, 0.2) is 10.5 Å². The van der Waals surface area contributed by atoms with E-state index in [1.165, 1.54) is 0 Å². The van der Waals surface area contributed by atoms with E-state index in [-0.39, 0.29) is 57.0 Å². The number of nitrogens with zero attached hydrogens (tertiary/aromatic N) is 2. The van der Waals surface area contributed by atoms with Crippen LogP contribution in [0.1, 0.15) is 26.2 Å². The number of nitriles is 2. The van der Waals surface area contributed by atoms with Gasteiger partial charge < -0.3 is 0 Å². The first-order chi connectivity index (χ1) is 5.26. The largest absolute Gasteiger partial charge is 1.00 e. The van der Waals surface area contributed by atoms with Crippen molar-refractivity contribution in [3.8, 4) is 12.1 Å². The average molecular weight is 205 g/mol. The van der Waals surface area contributed by atoms with Gasteiger partial charge in [-0.05, 0) is 12.8 Å². The van der Waals surface area contributed by atoms with E-state index in [1.54, 1.807) is 12.1 Å². The molecule has 0 rings (SSSR count). The fourth-order valence-corrected chi connectivity index (χ4v) is 0.881. The number of allylic oxidation sites excluding steroid dienone is 2. The van der Waals surface area contributed by atoms with Gasteiger partial charge in [-0.15, -0.1) is 12.6 Å². The van der Waals surface area contributed by atoms with Crippen molar-refractivity contribution in [2.45, 2.75) is 26.2 Å². The molecule has 58 valence electrons. The van der Waals surface area contributed by atoms with E-state index < -0.39 is 0 Å². The van der Waals surface area contributed by atoms with Gasteiger partial charge in [0, 0.05) is 4.91 Å². The molecule has 2 nitrogen and oxygen atoms in total. The first-order valence-electron chi connectivity index (χ1n) is 3.48. The van der Waals surface area contributed by atoms with Crippen molar-refractivity contribution in [1.82, 2.24) is 0 Å². The maximum absolute atomic E-state index is 8.42. The van der Waals surface area contributed by atoms with Gasteiger partial charge in [-0.25, -0.2) is 0 Å². The molecule has 0 radical (unpaired) electrons. The van der Waals surface area contributed by atoms with Crippen molar-refractivity contribution in [2.75, 3.05) is 0 Å². The second-order valence-corrected chi connectivity index (χ2v) is 2.69. The summed E-state index contributed by atoms with van der Waals surface area (Å²) in [7, 11) is 0. The zero-order valence-electron chi connectivity index (χ0n) is 7.46. The van der Waals surface area contributed by atoms with Gasteiger partial charge in [-0.2, -0.15) is 10.5 Å². The van der Waals surface area contributed by atoms with Crippen LogP contribution in [0.4, 0.5) is 0 Å². The molecule has 0 saturated heterocycles. The molecule has 0 heterocycles. The smallest absolute Gasteiger partial charge is 0.192 e. The summed E-state index contributed by atoms with van der Waals surface area (Å²) >= 11 is 4.05. The van der Waals surface area contributed by atoms with Gasteiger partial charge >= 0.3 is 51.4 Å². The fraction of sp³-hybridized carbons (Fsp3) is 0.500. The van der Waals surface area contributed by atoms with Crippen LogP contribution in [0.3, 0.4) is 0 Å². The van der Waals surface area contributed by atoms with Crippen molar-refractivity contribution < 1.29 is 51.4 Å². The van der Waals surface area contributed by atoms with Crippen molar-refractivity contribution in [3.63, 3.8) is 0 Å². The van der Waals surface area contributed by atoms with Crippen molar-refractivity contribution >= 4 is 12.6 Å². The molecule has 0 amide bonds. The minimum absolute atomic E-state index is 0. The maximum atomic E-state index is 8.42. The Morgan fingerprint density at radius 3 is 2.17 bits per heavy atom. The maximum Gasteiger partial charge on any atom is 1.00 e. The Labute approximate surface area is 121 Å². The predicted molar refractivity (Wildman–Crippen MR) is 46.8 cm³/mol. The third-order valence-electron chi connectivity index (χ3n) is 1.28. The number of hydrogen-bond donors (Lipinski definition) is 1. The van der Waals surface area contributed by atoms with Crippen LogP contribution in [0.25, 0.3) is 0 Å². The topological polar surface area (TPSA) is 47.6 Å². The Morgan fingerprint density at radius 2 is 1.83 bits per heavy atom. The van der Waals surface area contributed by atoms with Crippen LogP contribution in [0.2, 0.25) is 0 Å². The molecule has 0 aromatic carbocycles. The Kier molecular flexibility index (Phi) is 12.4. The summed E-state index contributed by atoms with van der Waals surface area (Å²) in [5.74, 6) is 0. The zero-order valence-corrected chi connectivity index (χ0v) is 11.5. The second kappa shape index (κ2) is 9.79. The van der Waals surface area contributed by atoms with Gasteiger partial charge in [-0.1, -0.05) is 13.3 Å². The van der Waals surface area contributed by atoms with E-state index in [9.17, 15) is 0 Å². The normalized spacial score (nSPS) is 7.33. The molecule has 0 N–H and O–H groups in total. The van der Waals surface area contributed by atoms with Crippen LogP contribution >= 0.6 is 12.6 Å². The SMILES string of the molecule is CCCCC(S)=C(C#N)C#N.[K+]. The minimum Gasteiger partial charge on any atom is -0.192 e. The first-order valence-corrected chi connectivity index (χ1v) is 3.93. The van der Waals surface area contributed by atoms with Gasteiger partial charge in [0.1, 0.15) is 17.7 Å². The molecule has 4 heteroatoms. The number of thiol groups is 1. The van der Waals surface area contributed by atoms with Crippen LogP contribution < -0.4 is 51.4 Å². The van der Waals surface area contributed by atoms with Gasteiger partial charge in [0.15, 0.2) is 0 Å². The van der Waals surface area contributed by atoms with Crippen molar-refractivity contribution in [1.29, 1.82) is 10.5 Å². The molecule has 0 aliphatic heterocycles. The molecule has 0 spiro atoms. The molecule has 0 unspecified atom stereocenters. The Balaban J connectivity index is 0. The van der Waals surface area contributed by atoms with E-state index in [0.29, 0.717) is 4.91 Å². The Bertz CT molecular complexity index is 218. The van der Waals surface area contributed by atoms with Gasteiger partial charge in [0.25, 0.3) is 0 Å². The average Bonchev–Trinajstić information content (AvgIpc) is 2.03. The molecule has 0 aromatic rings. The van der Waals surface area contributed by atoms with E-state index in [2.05, 4.69) is 19.6 Å². The van der Waals surface area contributed by atoms with Gasteiger partial charge in [0.2, 0.25) is 0 Å². The van der Waals surface area contributed by atoms with E-state index in [0.717, 1.165) is 19.3 Å². The summed E-state index contributed by atoms with van der Waals surface area (Å²) in [4.78, 5) is 0.608. The van der Waals surface area contributed by atoms with Crippen LogP contribution in [-0.4, -0.2) is 0 Å². The Morgan fingerprint density at radius 1 is 1.33 bits per heavy atom.